The van der Waals surface area contributed by atoms with Crippen molar-refractivity contribution in [3.8, 4) is 0 Å². The third kappa shape index (κ3) is 3.90. The molecule has 0 aliphatic heterocycles. The van der Waals surface area contributed by atoms with Gasteiger partial charge in [-0.3, -0.25) is 10.1 Å². The summed E-state index contributed by atoms with van der Waals surface area (Å²) in [5, 5.41) is 2.79. The number of aromatic nitrogens is 3. The first kappa shape index (κ1) is 21.7. The minimum absolute atomic E-state index is 0.0217. The molecule has 0 aliphatic carbocycles. The lowest BCUT2D eigenvalue weighted by Crippen LogP contribution is -2.16. The number of nitrogens with one attached hydrogen (secondary N) is 3. The van der Waals surface area contributed by atoms with E-state index in [1.54, 1.807) is 0 Å². The number of nitrogen functional groups attached to an aromatic ring is 1. The third-order valence-electron chi connectivity index (χ3n) is 4.41. The van der Waals surface area contributed by atoms with E-state index in [9.17, 15) is 17.2 Å². The van der Waals surface area contributed by atoms with Gasteiger partial charge in [0.05, 0.1) is 10.6 Å². The number of fused-ring (bicyclic) bond motifs is 1. The van der Waals surface area contributed by atoms with E-state index in [1.807, 2.05) is 4.72 Å². The van der Waals surface area contributed by atoms with Gasteiger partial charge in [0.2, 0.25) is 0 Å². The van der Waals surface area contributed by atoms with Crippen LogP contribution in [-0.2, 0) is 10.0 Å². The maximum absolute atomic E-state index is 15.1. The summed E-state index contributed by atoms with van der Waals surface area (Å²) < 4.78 is 70.7. The molecule has 0 aliphatic rings. The average Bonchev–Trinajstić information content (AvgIpc) is 3.19. The number of nitrogens with zero attached hydrogens (tertiary/aromatic N) is 3. The number of hydrogen-bond donors (Lipinski definition) is 4. The van der Waals surface area contributed by atoms with Gasteiger partial charge < -0.3 is 5.32 Å². The highest BCUT2D eigenvalue weighted by molar-refractivity contribution is 7.92. The van der Waals surface area contributed by atoms with Crippen LogP contribution >= 0.6 is 11.3 Å². The Balaban J connectivity index is 1.73. The van der Waals surface area contributed by atoms with Crippen molar-refractivity contribution in [2.45, 2.75) is 11.8 Å². The molecule has 4 aromatic rings. The van der Waals surface area contributed by atoms with Gasteiger partial charge in [0, 0.05) is 5.56 Å². The first-order valence-electron chi connectivity index (χ1n) is 8.82. The molecule has 0 unspecified atom stereocenters. The van der Waals surface area contributed by atoms with Crippen molar-refractivity contribution in [3.63, 3.8) is 0 Å². The zero-order valence-corrected chi connectivity index (χ0v) is 17.8. The summed E-state index contributed by atoms with van der Waals surface area (Å²) in [4.78, 5) is 12.1. The van der Waals surface area contributed by atoms with Crippen LogP contribution in [0.3, 0.4) is 0 Å². The highest BCUT2D eigenvalue weighted by Gasteiger charge is 2.23. The summed E-state index contributed by atoms with van der Waals surface area (Å²) in [5.74, 6) is 2.33. The minimum atomic E-state index is -4.36. The lowest BCUT2D eigenvalue weighted by Gasteiger charge is -2.14. The molecule has 166 valence electrons. The molecule has 32 heavy (non-hydrogen) atoms. The highest BCUT2D eigenvalue weighted by atomic mass is 32.2. The number of sulfonamides is 1. The molecule has 0 saturated carbocycles. The highest BCUT2D eigenvalue weighted by Crippen LogP contribution is 2.33. The Morgan fingerprint density at radius 3 is 2.59 bits per heavy atom. The summed E-state index contributed by atoms with van der Waals surface area (Å²) in [6, 6.07) is 5.26. The molecule has 14 heteroatoms. The fraction of sp³-hybridized carbons (Fsp3) is 0.0556. The smallest absolute Gasteiger partial charge is 0.262 e. The Hall–Kier alpha value is -3.49. The molecule has 0 amide bonds. The third-order valence-corrected chi connectivity index (χ3v) is 6.81. The zero-order chi connectivity index (χ0) is 23.0. The normalized spacial score (nSPS) is 11.5. The second-order valence-corrected chi connectivity index (χ2v) is 9.05. The van der Waals surface area contributed by atoms with Crippen LogP contribution in [0.15, 0.2) is 41.6 Å². The molecule has 0 fully saturated rings. The van der Waals surface area contributed by atoms with Gasteiger partial charge in [-0.05, 0) is 31.2 Å². The van der Waals surface area contributed by atoms with E-state index in [1.165, 1.54) is 19.1 Å². The summed E-state index contributed by atoms with van der Waals surface area (Å²) in [7, 11) is -4.36. The second kappa shape index (κ2) is 8.22. The van der Waals surface area contributed by atoms with Crippen molar-refractivity contribution in [2.75, 3.05) is 15.5 Å². The first-order valence-corrected chi connectivity index (χ1v) is 11.1. The molecule has 0 radical (unpaired) electrons. The molecule has 4 rings (SSSR count). The fourth-order valence-electron chi connectivity index (χ4n) is 2.85. The Bertz CT molecular complexity index is 1440. The Morgan fingerprint density at radius 1 is 1.06 bits per heavy atom. The summed E-state index contributed by atoms with van der Waals surface area (Å²) in [5.41, 5.74) is 1.19. The van der Waals surface area contributed by atoms with Crippen LogP contribution in [0, 0.1) is 24.4 Å². The van der Waals surface area contributed by atoms with Crippen LogP contribution in [0.25, 0.3) is 10.3 Å². The maximum atomic E-state index is 15.1. The fourth-order valence-corrected chi connectivity index (χ4v) is 4.88. The Morgan fingerprint density at radius 2 is 1.84 bits per heavy atom. The van der Waals surface area contributed by atoms with Crippen LogP contribution in [0.2, 0.25) is 0 Å². The molecular formula is C18H14F3N7O2S2. The van der Waals surface area contributed by atoms with Gasteiger partial charge in [-0.2, -0.15) is 0 Å². The van der Waals surface area contributed by atoms with Gasteiger partial charge in [0.15, 0.2) is 21.6 Å². The topological polar surface area (TPSA) is 135 Å². The van der Waals surface area contributed by atoms with Crippen LogP contribution in [0.1, 0.15) is 5.56 Å². The number of anilines is 4. The van der Waals surface area contributed by atoms with Crippen LogP contribution in [0.4, 0.5) is 35.5 Å². The van der Waals surface area contributed by atoms with Gasteiger partial charge in [0.25, 0.3) is 10.0 Å². The van der Waals surface area contributed by atoms with E-state index in [0.717, 1.165) is 35.9 Å². The quantitative estimate of drug-likeness (QED) is 0.242. The number of thiazole rings is 1. The molecule has 0 spiro atoms. The predicted molar refractivity (Wildman–Crippen MR) is 115 cm³/mol. The van der Waals surface area contributed by atoms with Crippen molar-refractivity contribution < 1.29 is 21.6 Å². The van der Waals surface area contributed by atoms with E-state index >= 15 is 4.39 Å². The van der Waals surface area contributed by atoms with E-state index in [0.29, 0.717) is 9.96 Å². The summed E-state index contributed by atoms with van der Waals surface area (Å²) in [6.45, 7) is 1.27. The van der Waals surface area contributed by atoms with Crippen molar-refractivity contribution in [1.29, 1.82) is 0 Å². The molecule has 9 nitrogen and oxygen atoms in total. The molecule has 2 aromatic carbocycles. The number of hydrogen-bond acceptors (Lipinski definition) is 9. The lowest BCUT2D eigenvalue weighted by molar-refractivity contribution is 0.585. The van der Waals surface area contributed by atoms with E-state index in [-0.39, 0.29) is 21.8 Å². The molecule has 0 saturated heterocycles. The van der Waals surface area contributed by atoms with Crippen LogP contribution < -0.4 is 21.3 Å². The zero-order valence-electron chi connectivity index (χ0n) is 16.1. The molecule has 0 bridgehead atoms. The van der Waals surface area contributed by atoms with E-state index < -0.39 is 38.8 Å². The molecule has 2 aromatic heterocycles. The molecule has 5 N–H and O–H groups in total. The monoisotopic (exact) mass is 481 g/mol. The number of benzene rings is 2. The maximum Gasteiger partial charge on any atom is 0.262 e. The first-order chi connectivity index (χ1) is 15.2. The van der Waals surface area contributed by atoms with Gasteiger partial charge in [0.1, 0.15) is 29.2 Å². The lowest BCUT2D eigenvalue weighted by atomic mass is 10.2. The summed E-state index contributed by atoms with van der Waals surface area (Å²) >= 11 is 1.09. The van der Waals surface area contributed by atoms with Crippen molar-refractivity contribution in [2.24, 2.45) is 5.84 Å². The van der Waals surface area contributed by atoms with Crippen molar-refractivity contribution >= 4 is 54.0 Å². The van der Waals surface area contributed by atoms with Gasteiger partial charge in [-0.25, -0.2) is 42.4 Å². The Labute approximate surface area is 183 Å². The number of rotatable bonds is 6. The van der Waals surface area contributed by atoms with Gasteiger partial charge >= 0.3 is 0 Å². The van der Waals surface area contributed by atoms with Gasteiger partial charge in [-0.1, -0.05) is 17.4 Å². The van der Waals surface area contributed by atoms with Crippen LogP contribution in [-0.4, -0.2) is 23.4 Å². The standard InChI is InChI=1S/C18H14F3N7O2S2/c1-8-9(19)3-2-4-12(8)32(29,30)28-11-6-5-10(20)14(13(11)21)25-16-15-17(24-7-23-16)31-18(26-15)27-22/h2-7,28H,22H2,1H3,(H,26,27)(H,23,24,25). The minimum Gasteiger partial charge on any atom is -0.333 e. The number of hydrazine groups is 1. The van der Waals surface area contributed by atoms with Crippen molar-refractivity contribution in [3.05, 3.63) is 59.7 Å². The van der Waals surface area contributed by atoms with E-state index in [4.69, 9.17) is 5.84 Å². The average molecular weight is 481 g/mol. The molecular weight excluding hydrogens is 467 g/mol. The van der Waals surface area contributed by atoms with Crippen LogP contribution in [0.5, 0.6) is 0 Å². The molecule has 0 atom stereocenters. The number of nitrogens with two attached hydrogens (primary N) is 1. The summed E-state index contributed by atoms with van der Waals surface area (Å²) in [6.07, 6.45) is 1.16. The number of halogens is 3. The molecule has 2 heterocycles. The Kier molecular flexibility index (Phi) is 5.58. The largest absolute Gasteiger partial charge is 0.333 e. The predicted octanol–water partition coefficient (Wildman–Crippen LogP) is 3.64. The van der Waals surface area contributed by atoms with Crippen molar-refractivity contribution in [1.82, 2.24) is 15.0 Å². The van der Waals surface area contributed by atoms with Gasteiger partial charge in [-0.15, -0.1) is 0 Å². The SMILES string of the molecule is Cc1c(F)cccc1S(=O)(=O)Nc1ccc(F)c(Nc2ncnc3sc(NN)nc23)c1F. The second-order valence-electron chi connectivity index (χ2n) is 6.42. The van der Waals surface area contributed by atoms with E-state index in [2.05, 4.69) is 25.7 Å².